The smallest absolute Gasteiger partial charge is 0.306 e. The van der Waals surface area contributed by atoms with Gasteiger partial charge in [-0.2, -0.15) is 0 Å². The van der Waals surface area contributed by atoms with Crippen LogP contribution in [-0.4, -0.2) is 22.8 Å². The molecule has 0 radical (unpaired) electrons. The minimum absolute atomic E-state index is 0.292. The van der Waals surface area contributed by atoms with Gasteiger partial charge in [0, 0.05) is 12.0 Å². The van der Waals surface area contributed by atoms with E-state index < -0.39 is 12.1 Å². The number of carboxylic acid groups (broad SMARTS) is 1. The van der Waals surface area contributed by atoms with Gasteiger partial charge in [-0.15, -0.1) is 0 Å². The van der Waals surface area contributed by atoms with Crippen molar-refractivity contribution in [3.8, 4) is 5.75 Å². The van der Waals surface area contributed by atoms with Crippen LogP contribution in [0.1, 0.15) is 23.7 Å². The number of benzene rings is 1. The van der Waals surface area contributed by atoms with Crippen LogP contribution in [0.25, 0.3) is 0 Å². The Morgan fingerprint density at radius 3 is 3.07 bits per heavy atom. The van der Waals surface area contributed by atoms with Crippen LogP contribution in [0.2, 0.25) is 0 Å². The second-order valence-electron chi connectivity index (χ2n) is 3.55. The summed E-state index contributed by atoms with van der Waals surface area (Å²) in [4.78, 5) is 10.5. The van der Waals surface area contributed by atoms with Crippen molar-refractivity contribution in [1.82, 2.24) is 0 Å². The molecule has 0 amide bonds. The number of fused-ring (bicyclic) bond motifs is 1. The molecular formula is C11H12O4. The van der Waals surface area contributed by atoms with Crippen molar-refractivity contribution in [2.45, 2.75) is 18.9 Å². The molecule has 15 heavy (non-hydrogen) atoms. The van der Waals surface area contributed by atoms with Crippen LogP contribution in [-0.2, 0) is 11.2 Å². The number of ether oxygens (including phenoxy) is 1. The Kier molecular flexibility index (Phi) is 2.60. The number of hydrogen-bond donors (Lipinski definition) is 2. The van der Waals surface area contributed by atoms with Crippen molar-refractivity contribution in [3.63, 3.8) is 0 Å². The predicted molar refractivity (Wildman–Crippen MR) is 52.9 cm³/mol. The highest BCUT2D eigenvalue weighted by atomic mass is 16.5. The van der Waals surface area contributed by atoms with E-state index in [-0.39, 0.29) is 6.42 Å². The molecule has 0 saturated carbocycles. The summed E-state index contributed by atoms with van der Waals surface area (Å²) in [6.45, 7) is 0.603. The lowest BCUT2D eigenvalue weighted by molar-refractivity contribution is -0.139. The van der Waals surface area contributed by atoms with Gasteiger partial charge in [0.1, 0.15) is 5.75 Å². The monoisotopic (exact) mass is 208 g/mol. The fourth-order valence-corrected chi connectivity index (χ4v) is 1.78. The zero-order valence-corrected chi connectivity index (χ0v) is 8.14. The summed E-state index contributed by atoms with van der Waals surface area (Å²) in [6.07, 6.45) is -0.460. The molecule has 0 bridgehead atoms. The Hall–Kier alpha value is -1.55. The highest BCUT2D eigenvalue weighted by molar-refractivity contribution is 5.68. The maximum Gasteiger partial charge on any atom is 0.306 e. The molecule has 0 saturated heterocycles. The van der Waals surface area contributed by atoms with E-state index in [4.69, 9.17) is 9.84 Å². The van der Waals surface area contributed by atoms with Crippen molar-refractivity contribution < 1.29 is 19.7 Å². The van der Waals surface area contributed by atoms with Crippen molar-refractivity contribution >= 4 is 5.97 Å². The number of aliphatic carboxylic acids is 1. The van der Waals surface area contributed by atoms with E-state index in [1.54, 1.807) is 6.07 Å². The van der Waals surface area contributed by atoms with Gasteiger partial charge in [0.2, 0.25) is 0 Å². The molecule has 1 atom stereocenters. The van der Waals surface area contributed by atoms with Crippen molar-refractivity contribution in [1.29, 1.82) is 0 Å². The maximum absolute atomic E-state index is 10.5. The van der Waals surface area contributed by atoms with E-state index in [1.807, 2.05) is 12.1 Å². The van der Waals surface area contributed by atoms with E-state index in [2.05, 4.69) is 0 Å². The van der Waals surface area contributed by atoms with Crippen LogP contribution >= 0.6 is 0 Å². The third-order valence-corrected chi connectivity index (χ3v) is 2.47. The average molecular weight is 208 g/mol. The summed E-state index contributed by atoms with van der Waals surface area (Å²) < 4.78 is 5.38. The lowest BCUT2D eigenvalue weighted by atomic mass is 10.0. The molecule has 0 spiro atoms. The normalized spacial score (nSPS) is 15.5. The van der Waals surface area contributed by atoms with Gasteiger partial charge in [0.05, 0.1) is 19.1 Å². The Morgan fingerprint density at radius 2 is 2.33 bits per heavy atom. The van der Waals surface area contributed by atoms with Gasteiger partial charge in [-0.3, -0.25) is 4.79 Å². The number of para-hydroxylation sites is 1. The lowest BCUT2D eigenvalue weighted by Crippen LogP contribution is -2.06. The molecule has 1 aliphatic heterocycles. The molecule has 4 nitrogen and oxygen atoms in total. The quantitative estimate of drug-likeness (QED) is 0.781. The second kappa shape index (κ2) is 3.90. The number of hydrogen-bond acceptors (Lipinski definition) is 3. The Labute approximate surface area is 87.1 Å². The van der Waals surface area contributed by atoms with E-state index in [9.17, 15) is 9.90 Å². The summed E-state index contributed by atoms with van der Waals surface area (Å²) in [5.41, 5.74) is 1.62. The van der Waals surface area contributed by atoms with Crippen molar-refractivity contribution in [2.75, 3.05) is 6.61 Å². The van der Waals surface area contributed by atoms with Crippen LogP contribution in [0.3, 0.4) is 0 Å². The molecule has 0 aliphatic carbocycles. The van der Waals surface area contributed by atoms with E-state index >= 15 is 0 Å². The van der Waals surface area contributed by atoms with Crippen LogP contribution < -0.4 is 4.74 Å². The van der Waals surface area contributed by atoms with E-state index in [0.717, 1.165) is 12.0 Å². The molecule has 1 heterocycles. The van der Waals surface area contributed by atoms with Gasteiger partial charge >= 0.3 is 5.97 Å². The number of carbonyl (C=O) groups is 1. The highest BCUT2D eigenvalue weighted by Gasteiger charge is 2.21. The predicted octanol–water partition coefficient (Wildman–Crippen LogP) is 1.13. The summed E-state index contributed by atoms with van der Waals surface area (Å²) in [5.74, 6) is -0.357. The van der Waals surface area contributed by atoms with Gasteiger partial charge in [0.15, 0.2) is 0 Å². The van der Waals surface area contributed by atoms with Gasteiger partial charge in [0.25, 0.3) is 0 Å². The Morgan fingerprint density at radius 1 is 1.53 bits per heavy atom. The zero-order chi connectivity index (χ0) is 10.8. The van der Waals surface area contributed by atoms with Crippen molar-refractivity contribution in [3.05, 3.63) is 29.3 Å². The van der Waals surface area contributed by atoms with Crippen LogP contribution in [0.15, 0.2) is 18.2 Å². The first-order valence-electron chi connectivity index (χ1n) is 4.83. The second-order valence-corrected chi connectivity index (χ2v) is 3.55. The fourth-order valence-electron chi connectivity index (χ4n) is 1.78. The fraction of sp³-hybridized carbons (Fsp3) is 0.364. The Bertz CT molecular complexity index is 386. The average Bonchev–Trinajstić information content (AvgIpc) is 2.63. The maximum atomic E-state index is 10.5. The molecule has 0 aromatic heterocycles. The Balaban J connectivity index is 2.28. The zero-order valence-electron chi connectivity index (χ0n) is 8.14. The molecule has 2 N–H and O–H groups in total. The standard InChI is InChI=1S/C11H12O4/c12-9(6-10(13)14)8-3-1-2-7-4-5-15-11(7)8/h1-3,9,12H,4-6H2,(H,13,14)/t9-/m0/s1. The summed E-state index contributed by atoms with van der Waals surface area (Å²) in [7, 11) is 0. The van der Waals surface area contributed by atoms with Gasteiger partial charge < -0.3 is 14.9 Å². The van der Waals surface area contributed by atoms with Crippen LogP contribution in [0.5, 0.6) is 5.75 Å². The highest BCUT2D eigenvalue weighted by Crippen LogP contribution is 2.34. The molecular weight excluding hydrogens is 196 g/mol. The molecule has 80 valence electrons. The topological polar surface area (TPSA) is 66.8 Å². The lowest BCUT2D eigenvalue weighted by Gasteiger charge is -2.12. The third kappa shape index (κ3) is 1.94. The van der Waals surface area contributed by atoms with Gasteiger partial charge in [-0.1, -0.05) is 18.2 Å². The van der Waals surface area contributed by atoms with Gasteiger partial charge in [-0.25, -0.2) is 0 Å². The molecule has 1 aromatic carbocycles. The minimum Gasteiger partial charge on any atom is -0.493 e. The summed E-state index contributed by atoms with van der Waals surface area (Å²) >= 11 is 0. The van der Waals surface area contributed by atoms with Crippen molar-refractivity contribution in [2.24, 2.45) is 0 Å². The SMILES string of the molecule is O=C(O)C[C@H](O)c1cccc2c1OCC2. The molecule has 1 aromatic rings. The largest absolute Gasteiger partial charge is 0.493 e. The van der Waals surface area contributed by atoms with Crippen LogP contribution in [0, 0.1) is 0 Å². The first-order valence-corrected chi connectivity index (χ1v) is 4.83. The van der Waals surface area contributed by atoms with E-state index in [1.165, 1.54) is 0 Å². The summed E-state index contributed by atoms with van der Waals surface area (Å²) in [5, 5.41) is 18.3. The first kappa shape index (κ1) is 9.98. The molecule has 4 heteroatoms. The number of aliphatic hydroxyl groups excluding tert-OH is 1. The minimum atomic E-state index is -1.02. The van der Waals surface area contributed by atoms with Gasteiger partial charge in [-0.05, 0) is 5.56 Å². The first-order chi connectivity index (χ1) is 7.18. The third-order valence-electron chi connectivity index (χ3n) is 2.47. The number of carboxylic acids is 1. The van der Waals surface area contributed by atoms with E-state index in [0.29, 0.717) is 17.9 Å². The molecule has 1 aliphatic rings. The molecule has 2 rings (SSSR count). The molecule has 0 fully saturated rings. The number of aliphatic hydroxyl groups is 1. The molecule has 0 unspecified atom stereocenters. The van der Waals surface area contributed by atoms with Crippen LogP contribution in [0.4, 0.5) is 0 Å². The summed E-state index contributed by atoms with van der Waals surface area (Å²) in [6, 6.07) is 5.45. The number of rotatable bonds is 3.